The average Bonchev–Trinajstić information content (AvgIpc) is 2.26. The lowest BCUT2D eigenvalue weighted by molar-refractivity contribution is -0.118. The second-order valence-electron chi connectivity index (χ2n) is 2.90. The van der Waals surface area contributed by atoms with Crippen molar-refractivity contribution in [3.8, 4) is 5.75 Å². The number of rotatable bonds is 4. The molecule has 0 aliphatic heterocycles. The number of nitrogens with one attached hydrogen (secondary N) is 1. The molecule has 0 aliphatic rings. The minimum absolute atomic E-state index is 0.124. The van der Waals surface area contributed by atoms with Gasteiger partial charge in [0.15, 0.2) is 11.6 Å². The second-order valence-corrected chi connectivity index (χ2v) is 3.22. The predicted molar refractivity (Wildman–Crippen MR) is 58.7 cm³/mol. The lowest BCUT2D eigenvalue weighted by atomic mass is 10.2. The quantitative estimate of drug-likeness (QED) is 0.765. The molecule has 3 nitrogen and oxygen atoms in total. The summed E-state index contributed by atoms with van der Waals surface area (Å²) in [6.45, 7) is 0.292. The largest absolute Gasteiger partial charge is 0.494 e. The van der Waals surface area contributed by atoms with Gasteiger partial charge in [0.1, 0.15) is 0 Å². The zero-order chi connectivity index (χ0) is 11.3. The fourth-order valence-corrected chi connectivity index (χ4v) is 1.19. The SMILES string of the molecule is COc1ccc(CNC(=O)CS)cc1F. The number of ether oxygens (including phenoxy) is 1. The van der Waals surface area contributed by atoms with Crippen LogP contribution in [-0.2, 0) is 11.3 Å². The minimum Gasteiger partial charge on any atom is -0.494 e. The summed E-state index contributed by atoms with van der Waals surface area (Å²) in [7, 11) is 1.40. The van der Waals surface area contributed by atoms with Crippen molar-refractivity contribution in [2.75, 3.05) is 12.9 Å². The van der Waals surface area contributed by atoms with Gasteiger partial charge in [0.2, 0.25) is 5.91 Å². The lowest BCUT2D eigenvalue weighted by Crippen LogP contribution is -2.23. The molecule has 1 rings (SSSR count). The Morgan fingerprint density at radius 2 is 2.33 bits per heavy atom. The number of halogens is 1. The fraction of sp³-hybridized carbons (Fsp3) is 0.300. The van der Waals surface area contributed by atoms with Crippen LogP contribution in [0.3, 0.4) is 0 Å². The van der Waals surface area contributed by atoms with Crippen LogP contribution in [0.15, 0.2) is 18.2 Å². The van der Waals surface area contributed by atoms with E-state index >= 15 is 0 Å². The van der Waals surface area contributed by atoms with Crippen molar-refractivity contribution in [2.24, 2.45) is 0 Å². The third kappa shape index (κ3) is 3.43. The standard InChI is InChI=1S/C10H12FNO2S/c1-14-9-3-2-7(4-8(9)11)5-12-10(13)6-15/h2-4,15H,5-6H2,1H3,(H,12,13). The molecule has 0 spiro atoms. The van der Waals surface area contributed by atoms with Gasteiger partial charge in [-0.3, -0.25) is 4.79 Å². The van der Waals surface area contributed by atoms with Gasteiger partial charge in [-0.1, -0.05) is 6.07 Å². The monoisotopic (exact) mass is 229 g/mol. The normalized spacial score (nSPS) is 9.80. The van der Waals surface area contributed by atoms with E-state index in [4.69, 9.17) is 4.74 Å². The zero-order valence-corrected chi connectivity index (χ0v) is 9.18. The van der Waals surface area contributed by atoms with E-state index in [1.54, 1.807) is 6.07 Å². The molecule has 82 valence electrons. The highest BCUT2D eigenvalue weighted by Crippen LogP contribution is 2.17. The molecular formula is C10H12FNO2S. The van der Waals surface area contributed by atoms with Gasteiger partial charge >= 0.3 is 0 Å². The Kier molecular flexibility index (Phi) is 4.42. The Labute approximate surface area is 93.0 Å². The van der Waals surface area contributed by atoms with Crippen LogP contribution in [0.5, 0.6) is 5.75 Å². The molecule has 0 bridgehead atoms. The number of thiol groups is 1. The van der Waals surface area contributed by atoms with E-state index in [1.807, 2.05) is 0 Å². The molecule has 0 atom stereocenters. The topological polar surface area (TPSA) is 38.3 Å². The number of hydrogen-bond donors (Lipinski definition) is 2. The molecule has 0 aliphatic carbocycles. The molecule has 1 amide bonds. The maximum absolute atomic E-state index is 13.2. The summed E-state index contributed by atoms with van der Waals surface area (Å²) in [5, 5.41) is 2.59. The minimum atomic E-state index is -0.435. The van der Waals surface area contributed by atoms with Crippen LogP contribution in [-0.4, -0.2) is 18.8 Å². The maximum Gasteiger partial charge on any atom is 0.229 e. The Morgan fingerprint density at radius 3 is 2.87 bits per heavy atom. The lowest BCUT2D eigenvalue weighted by Gasteiger charge is -2.06. The van der Waals surface area contributed by atoms with E-state index in [-0.39, 0.29) is 17.4 Å². The van der Waals surface area contributed by atoms with Crippen molar-refractivity contribution in [2.45, 2.75) is 6.54 Å². The Balaban J connectivity index is 2.63. The van der Waals surface area contributed by atoms with Gasteiger partial charge in [0.05, 0.1) is 12.9 Å². The molecule has 0 saturated carbocycles. The van der Waals surface area contributed by atoms with Crippen LogP contribution in [0, 0.1) is 5.82 Å². The first-order chi connectivity index (χ1) is 7.17. The van der Waals surface area contributed by atoms with E-state index in [0.29, 0.717) is 12.1 Å². The van der Waals surface area contributed by atoms with E-state index in [9.17, 15) is 9.18 Å². The maximum atomic E-state index is 13.2. The number of carbonyl (C=O) groups excluding carboxylic acids is 1. The predicted octanol–water partition coefficient (Wildman–Crippen LogP) is 1.38. The summed E-state index contributed by atoms with van der Waals surface area (Å²) in [5.41, 5.74) is 0.684. The number of hydrogen-bond acceptors (Lipinski definition) is 3. The Bertz CT molecular complexity index is 357. The highest BCUT2D eigenvalue weighted by atomic mass is 32.1. The van der Waals surface area contributed by atoms with Crippen LogP contribution < -0.4 is 10.1 Å². The molecule has 1 aromatic carbocycles. The van der Waals surface area contributed by atoms with Gasteiger partial charge in [0, 0.05) is 6.54 Å². The number of methoxy groups -OCH3 is 1. The molecule has 0 unspecified atom stereocenters. The van der Waals surface area contributed by atoms with Gasteiger partial charge in [-0.25, -0.2) is 4.39 Å². The number of amides is 1. The van der Waals surface area contributed by atoms with Gasteiger partial charge in [-0.15, -0.1) is 0 Å². The van der Waals surface area contributed by atoms with Crippen molar-refractivity contribution in [3.05, 3.63) is 29.6 Å². The van der Waals surface area contributed by atoms with Crippen molar-refractivity contribution in [3.63, 3.8) is 0 Å². The zero-order valence-electron chi connectivity index (χ0n) is 8.29. The third-order valence-electron chi connectivity index (χ3n) is 1.85. The summed E-state index contributed by atoms with van der Waals surface area (Å²) in [5.74, 6) is -0.303. The Hall–Kier alpha value is -1.23. The molecule has 0 radical (unpaired) electrons. The molecule has 1 N–H and O–H groups in total. The first-order valence-electron chi connectivity index (χ1n) is 4.37. The van der Waals surface area contributed by atoms with Crippen LogP contribution in [0.25, 0.3) is 0 Å². The second kappa shape index (κ2) is 5.60. The smallest absolute Gasteiger partial charge is 0.229 e. The molecule has 1 aromatic rings. The molecular weight excluding hydrogens is 217 g/mol. The van der Waals surface area contributed by atoms with E-state index < -0.39 is 5.82 Å². The van der Waals surface area contributed by atoms with E-state index in [2.05, 4.69) is 17.9 Å². The van der Waals surface area contributed by atoms with Gasteiger partial charge in [-0.2, -0.15) is 12.6 Å². The molecule has 15 heavy (non-hydrogen) atoms. The highest BCUT2D eigenvalue weighted by Gasteiger charge is 2.04. The van der Waals surface area contributed by atoms with Gasteiger partial charge in [0.25, 0.3) is 0 Å². The Morgan fingerprint density at radius 1 is 1.60 bits per heavy atom. The number of benzene rings is 1. The third-order valence-corrected chi connectivity index (χ3v) is 2.14. The first-order valence-corrected chi connectivity index (χ1v) is 5.00. The summed E-state index contributed by atoms with van der Waals surface area (Å²) in [4.78, 5) is 10.9. The van der Waals surface area contributed by atoms with Crippen molar-refractivity contribution >= 4 is 18.5 Å². The molecule has 0 aromatic heterocycles. The van der Waals surface area contributed by atoms with Crippen LogP contribution in [0.4, 0.5) is 4.39 Å². The van der Waals surface area contributed by atoms with Gasteiger partial charge in [-0.05, 0) is 17.7 Å². The van der Waals surface area contributed by atoms with Crippen molar-refractivity contribution in [1.82, 2.24) is 5.32 Å². The fourth-order valence-electron chi connectivity index (χ4n) is 1.08. The first kappa shape index (κ1) is 11.8. The van der Waals surface area contributed by atoms with E-state index in [1.165, 1.54) is 19.2 Å². The molecule has 0 fully saturated rings. The van der Waals surface area contributed by atoms with Gasteiger partial charge < -0.3 is 10.1 Å². The van der Waals surface area contributed by atoms with E-state index in [0.717, 1.165) is 0 Å². The van der Waals surface area contributed by atoms with Crippen LogP contribution >= 0.6 is 12.6 Å². The average molecular weight is 229 g/mol. The summed E-state index contributed by atoms with van der Waals surface area (Å²) in [6, 6.07) is 4.55. The molecule has 0 saturated heterocycles. The molecule has 0 heterocycles. The summed E-state index contributed by atoms with van der Waals surface area (Å²) < 4.78 is 18.0. The summed E-state index contributed by atoms with van der Waals surface area (Å²) >= 11 is 3.81. The highest BCUT2D eigenvalue weighted by molar-refractivity contribution is 7.81. The van der Waals surface area contributed by atoms with Crippen LogP contribution in [0.1, 0.15) is 5.56 Å². The summed E-state index contributed by atoms with van der Waals surface area (Å²) in [6.07, 6.45) is 0. The van der Waals surface area contributed by atoms with Crippen molar-refractivity contribution in [1.29, 1.82) is 0 Å². The van der Waals surface area contributed by atoms with Crippen molar-refractivity contribution < 1.29 is 13.9 Å². The molecule has 5 heteroatoms. The number of carbonyl (C=O) groups is 1. The van der Waals surface area contributed by atoms with Crippen LogP contribution in [0.2, 0.25) is 0 Å².